The van der Waals surface area contributed by atoms with E-state index in [9.17, 15) is 4.79 Å². The standard InChI is InChI=1S/C15H21NO4/c1-16-7-6-11(9-16)10-20-13-5-4-12(15(17)19-3)8-14(13)18-2/h4-5,8,11H,6-7,9-10H2,1-3H3. The molecule has 1 aliphatic heterocycles. The van der Waals surface area contributed by atoms with Gasteiger partial charge in [-0.3, -0.25) is 0 Å². The van der Waals surface area contributed by atoms with Gasteiger partial charge in [-0.05, 0) is 38.2 Å². The molecule has 0 bridgehead atoms. The molecule has 20 heavy (non-hydrogen) atoms. The lowest BCUT2D eigenvalue weighted by molar-refractivity contribution is 0.0600. The van der Waals surface area contributed by atoms with Crippen molar-refractivity contribution in [3.05, 3.63) is 23.8 Å². The second kappa shape index (κ2) is 6.61. The molecule has 0 aromatic heterocycles. The molecule has 1 atom stereocenters. The lowest BCUT2D eigenvalue weighted by atomic mass is 10.1. The molecule has 0 spiro atoms. The number of ether oxygens (including phenoxy) is 3. The summed E-state index contributed by atoms with van der Waals surface area (Å²) in [6, 6.07) is 5.08. The number of rotatable bonds is 5. The fourth-order valence-electron chi connectivity index (χ4n) is 2.40. The van der Waals surface area contributed by atoms with E-state index in [4.69, 9.17) is 9.47 Å². The molecule has 1 aromatic carbocycles. The zero-order chi connectivity index (χ0) is 14.5. The molecular formula is C15H21NO4. The van der Waals surface area contributed by atoms with E-state index in [0.29, 0.717) is 29.6 Å². The van der Waals surface area contributed by atoms with Crippen LogP contribution in [0.4, 0.5) is 0 Å². The zero-order valence-electron chi connectivity index (χ0n) is 12.2. The zero-order valence-corrected chi connectivity index (χ0v) is 12.2. The Balaban J connectivity index is 2.02. The monoisotopic (exact) mass is 279 g/mol. The molecule has 1 unspecified atom stereocenters. The third-order valence-electron chi connectivity index (χ3n) is 3.55. The van der Waals surface area contributed by atoms with Gasteiger partial charge in [0.05, 0.1) is 26.4 Å². The minimum atomic E-state index is -0.382. The van der Waals surface area contributed by atoms with Crippen LogP contribution in [-0.2, 0) is 4.74 Å². The van der Waals surface area contributed by atoms with Crippen molar-refractivity contribution in [2.24, 2.45) is 5.92 Å². The molecular weight excluding hydrogens is 258 g/mol. The molecule has 1 heterocycles. The van der Waals surface area contributed by atoms with Gasteiger partial charge >= 0.3 is 5.97 Å². The molecule has 5 heteroatoms. The maximum atomic E-state index is 11.5. The predicted octanol–water partition coefficient (Wildman–Crippen LogP) is 1.81. The summed E-state index contributed by atoms with van der Waals surface area (Å²) in [6.07, 6.45) is 1.15. The number of likely N-dealkylation sites (tertiary alicyclic amines) is 1. The first-order chi connectivity index (χ1) is 9.63. The van der Waals surface area contributed by atoms with Crippen molar-refractivity contribution in [3.8, 4) is 11.5 Å². The van der Waals surface area contributed by atoms with E-state index in [1.165, 1.54) is 7.11 Å². The van der Waals surface area contributed by atoms with Gasteiger partial charge in [0.15, 0.2) is 11.5 Å². The SMILES string of the molecule is COC(=O)c1ccc(OCC2CCN(C)C2)c(OC)c1. The Morgan fingerprint density at radius 3 is 2.75 bits per heavy atom. The Kier molecular flexibility index (Phi) is 4.84. The van der Waals surface area contributed by atoms with Gasteiger partial charge < -0.3 is 19.1 Å². The summed E-state index contributed by atoms with van der Waals surface area (Å²) >= 11 is 0. The van der Waals surface area contributed by atoms with Crippen LogP contribution < -0.4 is 9.47 Å². The van der Waals surface area contributed by atoms with Crippen molar-refractivity contribution in [1.82, 2.24) is 4.90 Å². The highest BCUT2D eigenvalue weighted by Gasteiger charge is 2.20. The average molecular weight is 279 g/mol. The van der Waals surface area contributed by atoms with E-state index >= 15 is 0 Å². The van der Waals surface area contributed by atoms with Crippen LogP contribution in [0, 0.1) is 5.92 Å². The summed E-state index contributed by atoms with van der Waals surface area (Å²) in [5.74, 6) is 1.38. The van der Waals surface area contributed by atoms with E-state index < -0.39 is 0 Å². The average Bonchev–Trinajstić information content (AvgIpc) is 2.89. The van der Waals surface area contributed by atoms with E-state index in [1.807, 2.05) is 0 Å². The Hall–Kier alpha value is -1.75. The number of carbonyl (C=O) groups excluding carboxylic acids is 1. The number of methoxy groups -OCH3 is 2. The summed E-state index contributed by atoms with van der Waals surface area (Å²) in [7, 11) is 5.04. The number of esters is 1. The van der Waals surface area contributed by atoms with Crippen LogP contribution in [0.25, 0.3) is 0 Å². The fraction of sp³-hybridized carbons (Fsp3) is 0.533. The third-order valence-corrected chi connectivity index (χ3v) is 3.55. The molecule has 1 saturated heterocycles. The van der Waals surface area contributed by atoms with Crippen molar-refractivity contribution in [2.45, 2.75) is 6.42 Å². The molecule has 0 N–H and O–H groups in total. The van der Waals surface area contributed by atoms with Crippen molar-refractivity contribution < 1.29 is 19.0 Å². The number of nitrogens with zero attached hydrogens (tertiary/aromatic N) is 1. The molecule has 2 rings (SSSR count). The minimum absolute atomic E-state index is 0.382. The van der Waals surface area contributed by atoms with Crippen LogP contribution in [-0.4, -0.2) is 51.8 Å². The van der Waals surface area contributed by atoms with Crippen molar-refractivity contribution in [2.75, 3.05) is 41.0 Å². The predicted molar refractivity (Wildman–Crippen MR) is 75.4 cm³/mol. The lowest BCUT2D eigenvalue weighted by Gasteiger charge is -2.15. The molecule has 0 radical (unpaired) electrons. The van der Waals surface area contributed by atoms with E-state index in [2.05, 4.69) is 16.7 Å². The van der Waals surface area contributed by atoms with E-state index in [0.717, 1.165) is 19.5 Å². The Labute approximate surface area is 119 Å². The highest BCUT2D eigenvalue weighted by Crippen LogP contribution is 2.29. The first-order valence-electron chi connectivity index (χ1n) is 6.71. The first-order valence-corrected chi connectivity index (χ1v) is 6.71. The minimum Gasteiger partial charge on any atom is -0.493 e. The van der Waals surface area contributed by atoms with Crippen molar-refractivity contribution in [1.29, 1.82) is 0 Å². The maximum absolute atomic E-state index is 11.5. The van der Waals surface area contributed by atoms with Gasteiger partial charge in [0, 0.05) is 12.5 Å². The smallest absolute Gasteiger partial charge is 0.337 e. The normalized spacial score (nSPS) is 18.9. The third kappa shape index (κ3) is 3.42. The number of benzene rings is 1. The Morgan fingerprint density at radius 2 is 2.15 bits per heavy atom. The Bertz CT molecular complexity index is 475. The summed E-state index contributed by atoms with van der Waals surface area (Å²) in [5, 5.41) is 0. The van der Waals surface area contributed by atoms with Gasteiger partial charge in [-0.25, -0.2) is 4.79 Å². The van der Waals surface area contributed by atoms with Gasteiger partial charge in [0.2, 0.25) is 0 Å². The fourth-order valence-corrected chi connectivity index (χ4v) is 2.40. The molecule has 110 valence electrons. The highest BCUT2D eigenvalue weighted by molar-refractivity contribution is 5.90. The highest BCUT2D eigenvalue weighted by atomic mass is 16.5. The largest absolute Gasteiger partial charge is 0.493 e. The number of carbonyl (C=O) groups is 1. The summed E-state index contributed by atoms with van der Waals surface area (Å²) < 4.78 is 15.8. The summed E-state index contributed by atoms with van der Waals surface area (Å²) in [6.45, 7) is 2.84. The van der Waals surface area contributed by atoms with Gasteiger partial charge in [0.1, 0.15) is 0 Å². The second-order valence-electron chi connectivity index (χ2n) is 5.09. The van der Waals surface area contributed by atoms with E-state index in [1.54, 1.807) is 25.3 Å². The molecule has 1 aromatic rings. The van der Waals surface area contributed by atoms with Gasteiger partial charge in [-0.2, -0.15) is 0 Å². The van der Waals surface area contributed by atoms with Crippen molar-refractivity contribution in [3.63, 3.8) is 0 Å². The summed E-state index contributed by atoms with van der Waals surface area (Å²) in [5.41, 5.74) is 0.456. The first kappa shape index (κ1) is 14.7. The molecule has 0 amide bonds. The quantitative estimate of drug-likeness (QED) is 0.769. The number of hydrogen-bond donors (Lipinski definition) is 0. The molecule has 1 aliphatic rings. The molecule has 0 saturated carbocycles. The summed E-state index contributed by atoms with van der Waals surface area (Å²) in [4.78, 5) is 13.8. The molecule has 0 aliphatic carbocycles. The topological polar surface area (TPSA) is 48.0 Å². The lowest BCUT2D eigenvalue weighted by Crippen LogP contribution is -2.18. The Morgan fingerprint density at radius 1 is 1.35 bits per heavy atom. The van der Waals surface area contributed by atoms with Crippen LogP contribution in [0.5, 0.6) is 11.5 Å². The van der Waals surface area contributed by atoms with Gasteiger partial charge in [-0.1, -0.05) is 0 Å². The van der Waals surface area contributed by atoms with Crippen LogP contribution in [0.3, 0.4) is 0 Å². The van der Waals surface area contributed by atoms with Crippen molar-refractivity contribution >= 4 is 5.97 Å². The maximum Gasteiger partial charge on any atom is 0.337 e. The molecule has 1 fully saturated rings. The van der Waals surface area contributed by atoms with Crippen LogP contribution >= 0.6 is 0 Å². The van der Waals surface area contributed by atoms with Gasteiger partial charge in [0.25, 0.3) is 0 Å². The molecule has 5 nitrogen and oxygen atoms in total. The van der Waals surface area contributed by atoms with Crippen LogP contribution in [0.2, 0.25) is 0 Å². The van der Waals surface area contributed by atoms with Crippen LogP contribution in [0.15, 0.2) is 18.2 Å². The van der Waals surface area contributed by atoms with Gasteiger partial charge in [-0.15, -0.1) is 0 Å². The second-order valence-corrected chi connectivity index (χ2v) is 5.09. The van der Waals surface area contributed by atoms with Crippen LogP contribution in [0.1, 0.15) is 16.8 Å². The number of hydrogen-bond acceptors (Lipinski definition) is 5. The van der Waals surface area contributed by atoms with E-state index in [-0.39, 0.29) is 5.97 Å².